The molecule has 0 fully saturated rings. The van der Waals surface area contributed by atoms with Gasteiger partial charge in [0, 0.05) is 37.7 Å². The lowest BCUT2D eigenvalue weighted by Crippen LogP contribution is -2.42. The monoisotopic (exact) mass is 604 g/mol. The van der Waals surface area contributed by atoms with Crippen LogP contribution in [-0.2, 0) is 26.7 Å². The second kappa shape index (κ2) is 9.76. The van der Waals surface area contributed by atoms with E-state index in [1.54, 1.807) is 54.8 Å². The number of hydrogen-bond acceptors (Lipinski definition) is 4. The van der Waals surface area contributed by atoms with Crippen LogP contribution in [0.4, 0.5) is 13.2 Å². The van der Waals surface area contributed by atoms with Crippen LogP contribution in [0.15, 0.2) is 85.6 Å². The lowest BCUT2D eigenvalue weighted by atomic mass is 9.86. The number of halogens is 6. The van der Waals surface area contributed by atoms with Crippen molar-refractivity contribution in [1.82, 2.24) is 0 Å². The molecule has 1 heterocycles. The van der Waals surface area contributed by atoms with E-state index in [-0.39, 0.29) is 27.9 Å². The first-order chi connectivity index (χ1) is 16.4. The third-order valence-electron chi connectivity index (χ3n) is 5.55. The smallest absolute Gasteiger partial charge is 0.374 e. The molecule has 0 bridgehead atoms. The molecular weight excluding hydrogens is 588 g/mol. The van der Waals surface area contributed by atoms with Crippen LogP contribution in [0.5, 0.6) is 0 Å². The molecule has 4 nitrogen and oxygen atoms in total. The third kappa shape index (κ3) is 5.53. The van der Waals surface area contributed by atoms with Crippen LogP contribution in [0.3, 0.4) is 0 Å². The fraction of sp³-hybridized carbons (Fsp3) is 0.208. The van der Waals surface area contributed by atoms with Crippen molar-refractivity contribution in [2.24, 2.45) is 9.52 Å². The van der Waals surface area contributed by atoms with E-state index in [4.69, 9.17) is 28.0 Å². The Bertz CT molecular complexity index is 1380. The maximum Gasteiger partial charge on any atom is 0.435 e. The van der Waals surface area contributed by atoms with E-state index in [1.807, 2.05) is 0 Å². The summed E-state index contributed by atoms with van der Waals surface area (Å²) in [5.74, 6) is 0. The second-order valence-electron chi connectivity index (χ2n) is 8.03. The fourth-order valence-electron chi connectivity index (χ4n) is 3.61. The molecule has 0 saturated heterocycles. The average molecular weight is 606 g/mol. The van der Waals surface area contributed by atoms with E-state index in [0.29, 0.717) is 10.5 Å². The van der Waals surface area contributed by atoms with Crippen LogP contribution in [0.25, 0.3) is 0 Å². The van der Waals surface area contributed by atoms with Crippen LogP contribution in [0, 0.1) is 0 Å². The Hall–Kier alpha value is -2.07. The Balaban J connectivity index is 1.55. The molecule has 2 unspecified atom stereocenters. The highest BCUT2D eigenvalue weighted by atomic mass is 79.9. The Kier molecular flexibility index (Phi) is 7.26. The molecule has 1 aliphatic heterocycles. The van der Waals surface area contributed by atoms with Gasteiger partial charge in [0.1, 0.15) is 0 Å². The van der Waals surface area contributed by atoms with Gasteiger partial charge >= 0.3 is 6.18 Å². The molecule has 0 radical (unpaired) electrons. The molecule has 11 heteroatoms. The zero-order valence-corrected chi connectivity index (χ0v) is 22.1. The Morgan fingerprint density at radius 3 is 2.23 bits per heavy atom. The van der Waals surface area contributed by atoms with E-state index in [9.17, 15) is 17.4 Å². The van der Waals surface area contributed by atoms with E-state index in [1.165, 1.54) is 18.2 Å². The lowest BCUT2D eigenvalue weighted by Gasteiger charge is -2.29. The largest absolute Gasteiger partial charge is 0.435 e. The average Bonchev–Trinajstić information content (AvgIpc) is 3.25. The molecule has 184 valence electrons. The summed E-state index contributed by atoms with van der Waals surface area (Å²) in [5.41, 5.74) is -1.55. The molecular formula is C24H18BrCl2F3N2O2S. The lowest BCUT2D eigenvalue weighted by molar-refractivity contribution is -0.275. The summed E-state index contributed by atoms with van der Waals surface area (Å²) in [6.07, 6.45) is -3.74. The van der Waals surface area contributed by atoms with Gasteiger partial charge < -0.3 is 4.84 Å². The molecule has 35 heavy (non-hydrogen) atoms. The quantitative estimate of drug-likeness (QED) is 0.296. The van der Waals surface area contributed by atoms with Crippen molar-refractivity contribution in [3.8, 4) is 0 Å². The molecule has 3 aromatic rings. The van der Waals surface area contributed by atoms with Crippen molar-refractivity contribution in [2.75, 3.05) is 6.26 Å². The second-order valence-corrected chi connectivity index (χ2v) is 12.2. The van der Waals surface area contributed by atoms with Gasteiger partial charge in [-0.25, -0.2) is 8.57 Å². The zero-order valence-electron chi connectivity index (χ0n) is 18.2. The Labute approximate surface area is 219 Å². The third-order valence-corrected chi connectivity index (χ3v) is 8.28. The van der Waals surface area contributed by atoms with Crippen LogP contribution >= 0.6 is 39.1 Å². The Morgan fingerprint density at radius 1 is 1.06 bits per heavy atom. The number of benzene rings is 3. The van der Waals surface area contributed by atoms with Gasteiger partial charge in [-0.2, -0.15) is 13.2 Å². The van der Waals surface area contributed by atoms with Crippen molar-refractivity contribution >= 4 is 54.6 Å². The molecule has 0 saturated carbocycles. The van der Waals surface area contributed by atoms with Gasteiger partial charge in [-0.3, -0.25) is 0 Å². The fourth-order valence-corrected chi connectivity index (χ4v) is 5.58. The summed E-state index contributed by atoms with van der Waals surface area (Å²) in [5, 5.41) is 3.89. The van der Waals surface area contributed by atoms with Crippen LogP contribution < -0.4 is 0 Å². The standard InChI is InChI=1S/C24H18BrCl2F3N2O2S/c1-35(33,21-8-6-18(25)7-9-21)31-14-15-2-4-16(5-3-15)22-13-23(34-32-22,24(28,29)30)17-10-19(26)12-20(27)11-17/h2-12H,13-14H2,1H3. The normalized spacial score (nSPS) is 19.6. The molecule has 0 N–H and O–H groups in total. The summed E-state index contributed by atoms with van der Waals surface area (Å²) >= 11 is 15.2. The van der Waals surface area contributed by atoms with Gasteiger partial charge in [0.15, 0.2) is 0 Å². The van der Waals surface area contributed by atoms with Gasteiger partial charge in [-0.1, -0.05) is 68.6 Å². The summed E-state index contributed by atoms with van der Waals surface area (Å²) < 4.78 is 60.7. The highest BCUT2D eigenvalue weighted by Gasteiger charge is 2.62. The number of hydrogen-bond donors (Lipinski definition) is 0. The van der Waals surface area contributed by atoms with Crippen molar-refractivity contribution in [3.05, 3.63) is 97.9 Å². The minimum Gasteiger partial charge on any atom is -0.374 e. The number of rotatable bonds is 5. The molecule has 0 aliphatic carbocycles. The minimum atomic E-state index is -4.76. The minimum absolute atomic E-state index is 0.0666. The molecule has 4 rings (SSSR count). The van der Waals surface area contributed by atoms with Gasteiger partial charge in [-0.05, 0) is 53.6 Å². The van der Waals surface area contributed by atoms with Gasteiger partial charge in [0.2, 0.25) is 0 Å². The maximum atomic E-state index is 14.2. The van der Waals surface area contributed by atoms with Gasteiger partial charge in [-0.15, -0.1) is 0 Å². The van der Waals surface area contributed by atoms with Gasteiger partial charge in [0.05, 0.1) is 22.0 Å². The van der Waals surface area contributed by atoms with Crippen LogP contribution in [0.2, 0.25) is 10.0 Å². The van der Waals surface area contributed by atoms with Gasteiger partial charge in [0.25, 0.3) is 5.60 Å². The SMILES string of the molecule is CS(=O)(=NCc1ccc(C2=NOC(c3cc(Cl)cc(Cl)c3)(C(F)(F)F)C2)cc1)c1ccc(Br)cc1. The summed E-state index contributed by atoms with van der Waals surface area (Å²) in [6, 6.07) is 17.5. The number of nitrogens with zero attached hydrogens (tertiary/aromatic N) is 2. The first-order valence-corrected chi connectivity index (χ1v) is 13.7. The predicted octanol–water partition coefficient (Wildman–Crippen LogP) is 8.00. The molecule has 0 aromatic heterocycles. The summed E-state index contributed by atoms with van der Waals surface area (Å²) in [6.45, 7) is 0.183. The number of oxime groups is 1. The highest BCUT2D eigenvalue weighted by Crippen LogP contribution is 2.49. The first-order valence-electron chi connectivity index (χ1n) is 10.2. The van der Waals surface area contributed by atoms with Crippen LogP contribution in [-0.4, -0.2) is 22.4 Å². The molecule has 3 aromatic carbocycles. The van der Waals surface area contributed by atoms with E-state index < -0.39 is 27.9 Å². The molecule has 2 atom stereocenters. The van der Waals surface area contributed by atoms with Crippen LogP contribution in [0.1, 0.15) is 23.1 Å². The molecule has 0 amide bonds. The summed E-state index contributed by atoms with van der Waals surface area (Å²) in [4.78, 5) is 5.64. The van der Waals surface area contributed by atoms with E-state index in [0.717, 1.165) is 10.0 Å². The maximum absolute atomic E-state index is 14.2. The Morgan fingerprint density at radius 2 is 1.66 bits per heavy atom. The summed E-state index contributed by atoms with van der Waals surface area (Å²) in [7, 11) is -2.61. The highest BCUT2D eigenvalue weighted by molar-refractivity contribution is 9.10. The van der Waals surface area contributed by atoms with Crippen molar-refractivity contribution in [1.29, 1.82) is 0 Å². The van der Waals surface area contributed by atoms with Crippen molar-refractivity contribution in [3.63, 3.8) is 0 Å². The first kappa shape index (κ1) is 26.0. The topological polar surface area (TPSA) is 51.0 Å². The van der Waals surface area contributed by atoms with E-state index in [2.05, 4.69) is 25.4 Å². The van der Waals surface area contributed by atoms with Crippen molar-refractivity contribution in [2.45, 2.75) is 29.6 Å². The number of alkyl halides is 3. The predicted molar refractivity (Wildman–Crippen MR) is 135 cm³/mol. The van der Waals surface area contributed by atoms with E-state index >= 15 is 0 Å². The zero-order chi connectivity index (χ0) is 25.4. The molecule has 1 aliphatic rings. The van der Waals surface area contributed by atoms with Crippen molar-refractivity contribution < 1.29 is 22.2 Å². The molecule has 0 spiro atoms.